The van der Waals surface area contributed by atoms with Crippen LogP contribution in [0.2, 0.25) is 13.1 Å². The van der Waals surface area contributed by atoms with Crippen LogP contribution < -0.4 is 24.8 Å². The molecule has 0 nitrogen and oxygen atoms in total. The van der Waals surface area contributed by atoms with E-state index in [2.05, 4.69) is 51.2 Å². The third kappa shape index (κ3) is 4.06. The Morgan fingerprint density at radius 3 is 2.17 bits per heavy atom. The van der Waals surface area contributed by atoms with E-state index >= 15 is 0 Å². The molecule has 0 aromatic heterocycles. The molecule has 0 spiro atoms. The van der Waals surface area contributed by atoms with Crippen molar-refractivity contribution in [1.29, 1.82) is 0 Å². The first-order valence-corrected chi connectivity index (χ1v) is 17.5. The van der Waals surface area contributed by atoms with Gasteiger partial charge >= 0.3 is 107 Å². The molecule has 0 aromatic carbocycles. The Bertz CT molecular complexity index is 478. The van der Waals surface area contributed by atoms with Gasteiger partial charge in [0.25, 0.3) is 0 Å². The van der Waals surface area contributed by atoms with Gasteiger partial charge in [0.1, 0.15) is 0 Å². The first-order chi connectivity index (χ1) is 7.59. The van der Waals surface area contributed by atoms with Crippen molar-refractivity contribution in [3.05, 3.63) is 42.1 Å². The summed E-state index contributed by atoms with van der Waals surface area (Å²) in [5, 5.41) is 0. The molecule has 0 atom stereocenters. The van der Waals surface area contributed by atoms with Gasteiger partial charge in [-0.25, -0.2) is 0 Å². The average molecular weight is 466 g/mol. The average Bonchev–Trinajstić information content (AvgIpc) is 2.79. The predicted octanol–water partition coefficient (Wildman–Crippen LogP) is -1.67. The van der Waals surface area contributed by atoms with E-state index in [4.69, 9.17) is 0 Å². The van der Waals surface area contributed by atoms with Gasteiger partial charge in [0.15, 0.2) is 0 Å². The summed E-state index contributed by atoms with van der Waals surface area (Å²) >= 11 is -1.58. The minimum Gasteiger partial charge on any atom is -1.00 e. The summed E-state index contributed by atoms with van der Waals surface area (Å²) in [7, 11) is 0. The molecule has 0 amide bonds. The molecule has 2 rings (SSSR count). The first-order valence-electron chi connectivity index (χ1n) is 6.00. The summed E-state index contributed by atoms with van der Waals surface area (Å²) in [5.41, 5.74) is 3.09. The monoisotopic (exact) mass is 466 g/mol. The SMILES string of the molecule is CC1=C(C)C[C]([Hf+2]([C]2=CC=CC2)=[Si](C)C)=C1.[Cl-].[Cl-]. The van der Waals surface area contributed by atoms with Gasteiger partial charge in [0.05, 0.1) is 0 Å². The minimum absolute atomic E-state index is 0. The molecule has 18 heavy (non-hydrogen) atoms. The quantitative estimate of drug-likeness (QED) is 0.428. The fraction of sp³-hybridized carbons (Fsp3) is 0.429. The Morgan fingerprint density at radius 2 is 1.78 bits per heavy atom. The Hall–Kier alpha value is 0.627. The third-order valence-electron chi connectivity index (χ3n) is 3.43. The van der Waals surface area contributed by atoms with Crippen molar-refractivity contribution in [1.82, 2.24) is 0 Å². The van der Waals surface area contributed by atoms with E-state index in [0.29, 0.717) is 0 Å². The zero-order valence-corrected chi connectivity index (χ0v) is 17.6. The Labute approximate surface area is 131 Å². The molecule has 2 aliphatic rings. The molecule has 0 heterocycles. The molecule has 0 fully saturated rings. The fourth-order valence-electron chi connectivity index (χ4n) is 2.50. The van der Waals surface area contributed by atoms with Gasteiger partial charge in [-0.15, -0.1) is 0 Å². The van der Waals surface area contributed by atoms with Crippen molar-refractivity contribution >= 4 is 5.49 Å². The van der Waals surface area contributed by atoms with E-state index in [1.165, 1.54) is 12.8 Å². The Balaban J connectivity index is 0.00000144. The molecule has 0 saturated carbocycles. The first kappa shape index (κ1) is 18.6. The molecule has 0 saturated heterocycles. The van der Waals surface area contributed by atoms with Crippen molar-refractivity contribution in [3.63, 3.8) is 0 Å². The van der Waals surface area contributed by atoms with Crippen molar-refractivity contribution in [2.45, 2.75) is 39.8 Å². The van der Waals surface area contributed by atoms with Gasteiger partial charge in [0, 0.05) is 0 Å². The molecule has 98 valence electrons. The van der Waals surface area contributed by atoms with Gasteiger partial charge in [-0.2, -0.15) is 0 Å². The van der Waals surface area contributed by atoms with Crippen molar-refractivity contribution in [3.8, 4) is 0 Å². The van der Waals surface area contributed by atoms with Crippen LogP contribution in [0.3, 0.4) is 0 Å². The minimum atomic E-state index is -1.58. The second kappa shape index (κ2) is 8.03. The van der Waals surface area contributed by atoms with Gasteiger partial charge < -0.3 is 24.8 Å². The van der Waals surface area contributed by atoms with E-state index in [1.54, 1.807) is 11.1 Å². The van der Waals surface area contributed by atoms with E-state index in [0.717, 1.165) is 0 Å². The fourth-order valence-corrected chi connectivity index (χ4v) is 26.9. The molecular weight excluding hydrogens is 446 g/mol. The standard InChI is InChI=1S/C7H9.C5H5.C2H6Si.2ClH.Hf/c1-6-4-3-5-7(6)2;1-2-4-5-3-1;1-3-2;;;/h4H,5H2,1-2H3;1-3H,4H2;1-2H3;2*1H;/q;;;;;+2/p-2. The van der Waals surface area contributed by atoms with Crippen molar-refractivity contribution in [2.75, 3.05) is 0 Å². The van der Waals surface area contributed by atoms with E-state index in [9.17, 15) is 0 Å². The van der Waals surface area contributed by atoms with Crippen LogP contribution in [0.5, 0.6) is 0 Å². The molecule has 2 aliphatic carbocycles. The van der Waals surface area contributed by atoms with Crippen LogP contribution in [0.1, 0.15) is 26.7 Å². The van der Waals surface area contributed by atoms with E-state index < -0.39 is 20.1 Å². The van der Waals surface area contributed by atoms with Crippen LogP contribution in [0.15, 0.2) is 42.1 Å². The van der Waals surface area contributed by atoms with Crippen LogP contribution >= 0.6 is 0 Å². The summed E-state index contributed by atoms with van der Waals surface area (Å²) in [4.78, 5) is 0. The topological polar surface area (TPSA) is 0 Å². The maximum atomic E-state index is 2.54. The largest absolute Gasteiger partial charge is 1.00 e. The molecule has 0 bridgehead atoms. The molecule has 0 unspecified atom stereocenters. The normalized spacial score (nSPS) is 16.4. The van der Waals surface area contributed by atoms with Gasteiger partial charge in [-0.3, -0.25) is 0 Å². The van der Waals surface area contributed by atoms with Crippen molar-refractivity contribution < 1.29 is 44.9 Å². The third-order valence-corrected chi connectivity index (χ3v) is 27.6. The molecule has 0 aliphatic heterocycles. The summed E-state index contributed by atoms with van der Waals surface area (Å²) in [5.74, 6) is 0. The molecular formula is C14H20Cl2HfSi. The number of rotatable bonds is 2. The Morgan fingerprint density at radius 1 is 1.11 bits per heavy atom. The second-order valence-electron chi connectivity index (χ2n) is 5.01. The maximum Gasteiger partial charge on any atom is -1.00 e. The molecule has 0 N–H and O–H groups in total. The predicted molar refractivity (Wildman–Crippen MR) is 70.4 cm³/mol. The van der Waals surface area contributed by atoms with Crippen LogP contribution in [0.25, 0.3) is 0 Å². The molecule has 0 radical (unpaired) electrons. The van der Waals surface area contributed by atoms with Crippen LogP contribution in [0.4, 0.5) is 0 Å². The van der Waals surface area contributed by atoms with E-state index in [1.807, 2.05) is 6.66 Å². The van der Waals surface area contributed by atoms with Crippen LogP contribution in [-0.4, -0.2) is 5.49 Å². The summed E-state index contributed by atoms with van der Waals surface area (Å²) in [6, 6.07) is 0. The van der Waals surface area contributed by atoms with Crippen molar-refractivity contribution in [2.24, 2.45) is 0 Å². The summed E-state index contributed by atoms with van der Waals surface area (Å²) in [6.07, 6.45) is 12.2. The second-order valence-corrected chi connectivity index (χ2v) is 29.2. The van der Waals surface area contributed by atoms with Gasteiger partial charge in [-0.1, -0.05) is 0 Å². The van der Waals surface area contributed by atoms with Gasteiger partial charge in [-0.05, 0) is 0 Å². The number of hydrogen-bond donors (Lipinski definition) is 0. The zero-order chi connectivity index (χ0) is 11.7. The number of halogens is 2. The maximum absolute atomic E-state index is 2.54. The molecule has 4 heteroatoms. The zero-order valence-electron chi connectivity index (χ0n) is 11.5. The van der Waals surface area contributed by atoms with E-state index in [-0.39, 0.29) is 30.3 Å². The summed E-state index contributed by atoms with van der Waals surface area (Å²) < 4.78 is 3.74. The summed E-state index contributed by atoms with van der Waals surface area (Å²) in [6.45, 7) is 9.66. The van der Waals surface area contributed by atoms with Gasteiger partial charge in [0.2, 0.25) is 0 Å². The Kier molecular flexibility index (Phi) is 8.31. The van der Waals surface area contributed by atoms with Crippen LogP contribution in [-0.2, 0) is 20.1 Å². The smallest absolute Gasteiger partial charge is 1.00 e. The number of allylic oxidation sites excluding steroid dienone is 8. The van der Waals surface area contributed by atoms with Crippen LogP contribution in [0, 0.1) is 0 Å². The number of hydrogen-bond acceptors (Lipinski definition) is 0. The molecule has 0 aromatic rings.